The van der Waals surface area contributed by atoms with Gasteiger partial charge in [-0.2, -0.15) is 0 Å². The minimum absolute atomic E-state index is 0.0810. The molecule has 0 unspecified atom stereocenters. The van der Waals surface area contributed by atoms with Crippen LogP contribution in [0.5, 0.6) is 0 Å². The quantitative estimate of drug-likeness (QED) is 0.937. The highest BCUT2D eigenvalue weighted by Crippen LogP contribution is 2.31. The minimum Gasteiger partial charge on any atom is -0.481 e. The molecule has 1 saturated heterocycles. The molecule has 3 rings (SSSR count). The highest BCUT2D eigenvalue weighted by Gasteiger charge is 2.28. The molecular weight excluding hydrogens is 316 g/mol. The zero-order valence-electron chi connectivity index (χ0n) is 13.0. The monoisotopic (exact) mass is 334 g/mol. The van der Waals surface area contributed by atoms with Crippen molar-refractivity contribution in [1.82, 2.24) is 9.47 Å². The van der Waals surface area contributed by atoms with Gasteiger partial charge in [0.05, 0.1) is 5.02 Å². The van der Waals surface area contributed by atoms with E-state index >= 15 is 0 Å². The smallest absolute Gasteiger partial charge is 0.303 e. The molecule has 0 saturated carbocycles. The van der Waals surface area contributed by atoms with Crippen LogP contribution in [0.4, 0.5) is 0 Å². The number of halogens is 1. The molecular formula is C17H19ClN2O3. The van der Waals surface area contributed by atoms with Crippen molar-refractivity contribution >= 4 is 34.4 Å². The number of aliphatic carboxylic acids is 1. The number of carbonyl (C=O) groups is 2. The van der Waals surface area contributed by atoms with E-state index in [2.05, 4.69) is 0 Å². The van der Waals surface area contributed by atoms with Gasteiger partial charge in [-0.05, 0) is 24.8 Å². The summed E-state index contributed by atoms with van der Waals surface area (Å²) in [5, 5.41) is 10.2. The van der Waals surface area contributed by atoms with Gasteiger partial charge in [0.25, 0.3) is 5.91 Å². The first-order valence-electron chi connectivity index (χ1n) is 7.73. The molecule has 122 valence electrons. The number of para-hydroxylation sites is 1. The van der Waals surface area contributed by atoms with Crippen molar-refractivity contribution in [2.24, 2.45) is 13.0 Å². The number of rotatable bonds is 3. The molecule has 1 aliphatic rings. The molecule has 1 aromatic heterocycles. The maximum absolute atomic E-state index is 12.8. The van der Waals surface area contributed by atoms with Crippen molar-refractivity contribution in [3.63, 3.8) is 0 Å². The molecule has 2 heterocycles. The Morgan fingerprint density at radius 2 is 1.91 bits per heavy atom. The predicted octanol–water partition coefficient (Wildman–Crippen LogP) is 3.16. The average Bonchev–Trinajstić information content (AvgIpc) is 2.79. The Morgan fingerprint density at radius 1 is 1.26 bits per heavy atom. The van der Waals surface area contributed by atoms with E-state index in [4.69, 9.17) is 16.7 Å². The van der Waals surface area contributed by atoms with Gasteiger partial charge in [-0.15, -0.1) is 0 Å². The lowest BCUT2D eigenvalue weighted by molar-refractivity contribution is -0.138. The van der Waals surface area contributed by atoms with Crippen LogP contribution in [-0.4, -0.2) is 39.5 Å². The number of fused-ring (bicyclic) bond motifs is 1. The van der Waals surface area contributed by atoms with Gasteiger partial charge < -0.3 is 14.6 Å². The van der Waals surface area contributed by atoms with Crippen LogP contribution in [0.3, 0.4) is 0 Å². The molecule has 23 heavy (non-hydrogen) atoms. The lowest BCUT2D eigenvalue weighted by Gasteiger charge is -2.31. The summed E-state index contributed by atoms with van der Waals surface area (Å²) in [5.41, 5.74) is 1.44. The van der Waals surface area contributed by atoms with E-state index in [1.54, 1.807) is 4.90 Å². The number of amides is 1. The zero-order valence-corrected chi connectivity index (χ0v) is 13.7. The summed E-state index contributed by atoms with van der Waals surface area (Å²) in [7, 11) is 1.85. The van der Waals surface area contributed by atoms with E-state index < -0.39 is 5.97 Å². The van der Waals surface area contributed by atoms with Gasteiger partial charge in [-0.1, -0.05) is 29.8 Å². The predicted molar refractivity (Wildman–Crippen MR) is 88.8 cm³/mol. The van der Waals surface area contributed by atoms with Gasteiger partial charge in [-0.3, -0.25) is 9.59 Å². The van der Waals surface area contributed by atoms with Crippen LogP contribution in [0, 0.1) is 5.92 Å². The number of likely N-dealkylation sites (tertiary alicyclic amines) is 1. The van der Waals surface area contributed by atoms with E-state index in [0.717, 1.165) is 23.7 Å². The van der Waals surface area contributed by atoms with E-state index in [9.17, 15) is 9.59 Å². The zero-order chi connectivity index (χ0) is 16.6. The van der Waals surface area contributed by atoms with Crippen LogP contribution in [-0.2, 0) is 11.8 Å². The maximum atomic E-state index is 12.8. The fourth-order valence-corrected chi connectivity index (χ4v) is 3.69. The van der Waals surface area contributed by atoms with E-state index in [1.165, 1.54) is 0 Å². The van der Waals surface area contributed by atoms with Gasteiger partial charge in [0.2, 0.25) is 0 Å². The second kappa shape index (κ2) is 6.24. The Hall–Kier alpha value is -2.01. The second-order valence-electron chi connectivity index (χ2n) is 6.07. The number of nitrogens with zero attached hydrogens (tertiary/aromatic N) is 2. The summed E-state index contributed by atoms with van der Waals surface area (Å²) in [5.74, 6) is -0.700. The molecule has 1 aliphatic heterocycles. The Bertz CT molecular complexity index is 722. The van der Waals surface area contributed by atoms with Crippen molar-refractivity contribution in [3.8, 4) is 0 Å². The number of hydrogen-bond acceptors (Lipinski definition) is 2. The number of piperidine rings is 1. The first-order chi connectivity index (χ1) is 11.0. The van der Waals surface area contributed by atoms with Crippen LogP contribution in [0.2, 0.25) is 5.02 Å². The third-order valence-corrected chi connectivity index (χ3v) is 5.00. The van der Waals surface area contributed by atoms with Crippen molar-refractivity contribution in [1.29, 1.82) is 0 Å². The molecule has 1 aromatic carbocycles. The first-order valence-corrected chi connectivity index (χ1v) is 8.10. The fraction of sp³-hybridized carbons (Fsp3) is 0.412. The van der Waals surface area contributed by atoms with E-state index in [0.29, 0.717) is 23.8 Å². The minimum atomic E-state index is -0.772. The average molecular weight is 335 g/mol. The number of benzene rings is 1. The number of aryl methyl sites for hydroxylation is 1. The van der Waals surface area contributed by atoms with Gasteiger partial charge in [0.15, 0.2) is 0 Å². The van der Waals surface area contributed by atoms with Crippen molar-refractivity contribution in [3.05, 3.63) is 35.0 Å². The number of carboxylic acid groups (broad SMARTS) is 1. The van der Waals surface area contributed by atoms with Gasteiger partial charge in [0, 0.05) is 37.5 Å². The highest BCUT2D eigenvalue weighted by molar-refractivity contribution is 6.38. The van der Waals surface area contributed by atoms with Crippen LogP contribution in [0.25, 0.3) is 10.9 Å². The van der Waals surface area contributed by atoms with Gasteiger partial charge >= 0.3 is 5.97 Å². The third-order valence-electron chi connectivity index (χ3n) is 4.61. The molecule has 0 spiro atoms. The largest absolute Gasteiger partial charge is 0.481 e. The second-order valence-corrected chi connectivity index (χ2v) is 6.45. The summed E-state index contributed by atoms with van der Waals surface area (Å²) in [4.78, 5) is 25.4. The standard InChI is InChI=1S/C17H19ClN2O3/c1-19-13-5-3-2-4-12(13)15(18)16(19)17(23)20-8-6-11(7-9-20)10-14(21)22/h2-5,11H,6-10H2,1H3,(H,21,22). The van der Waals surface area contributed by atoms with Crippen LogP contribution < -0.4 is 0 Å². The Balaban J connectivity index is 1.81. The topological polar surface area (TPSA) is 62.5 Å². The molecule has 0 bridgehead atoms. The summed E-state index contributed by atoms with van der Waals surface area (Å²) in [6.07, 6.45) is 1.62. The van der Waals surface area contributed by atoms with Gasteiger partial charge in [-0.25, -0.2) is 0 Å². The Kier molecular flexibility index (Phi) is 4.31. The number of aromatic nitrogens is 1. The lowest BCUT2D eigenvalue weighted by Crippen LogP contribution is -2.39. The van der Waals surface area contributed by atoms with Crippen LogP contribution in [0.1, 0.15) is 29.8 Å². The number of hydrogen-bond donors (Lipinski definition) is 1. The molecule has 6 heteroatoms. The third kappa shape index (κ3) is 2.93. The summed E-state index contributed by atoms with van der Waals surface area (Å²) < 4.78 is 1.84. The van der Waals surface area contributed by atoms with Crippen molar-refractivity contribution < 1.29 is 14.7 Å². The molecule has 0 radical (unpaired) electrons. The van der Waals surface area contributed by atoms with Crippen molar-refractivity contribution in [2.45, 2.75) is 19.3 Å². The number of carboxylic acids is 1. The van der Waals surface area contributed by atoms with Gasteiger partial charge in [0.1, 0.15) is 5.69 Å². The fourth-order valence-electron chi connectivity index (χ4n) is 3.32. The summed E-state index contributed by atoms with van der Waals surface area (Å²) in [6.45, 7) is 1.16. The molecule has 1 amide bonds. The highest BCUT2D eigenvalue weighted by atomic mass is 35.5. The SMILES string of the molecule is Cn1c(C(=O)N2CCC(CC(=O)O)CC2)c(Cl)c2ccccc21. The van der Waals surface area contributed by atoms with Crippen LogP contribution >= 0.6 is 11.6 Å². The Morgan fingerprint density at radius 3 is 2.52 bits per heavy atom. The Labute approximate surface area is 139 Å². The summed E-state index contributed by atoms with van der Waals surface area (Å²) >= 11 is 6.43. The molecule has 0 aliphatic carbocycles. The first kappa shape index (κ1) is 15.9. The van der Waals surface area contributed by atoms with E-state index in [-0.39, 0.29) is 18.2 Å². The molecule has 5 nitrogen and oxygen atoms in total. The molecule has 1 fully saturated rings. The molecule has 2 aromatic rings. The molecule has 0 atom stereocenters. The lowest BCUT2D eigenvalue weighted by atomic mass is 9.93. The maximum Gasteiger partial charge on any atom is 0.303 e. The van der Waals surface area contributed by atoms with Crippen molar-refractivity contribution in [2.75, 3.05) is 13.1 Å². The number of carbonyl (C=O) groups excluding carboxylic acids is 1. The van der Waals surface area contributed by atoms with Crippen LogP contribution in [0.15, 0.2) is 24.3 Å². The molecule has 1 N–H and O–H groups in total. The normalized spacial score (nSPS) is 16.0. The van der Waals surface area contributed by atoms with E-state index in [1.807, 2.05) is 35.9 Å². The summed E-state index contributed by atoms with van der Waals surface area (Å²) in [6, 6.07) is 7.68.